The second-order valence-electron chi connectivity index (χ2n) is 9.36. The minimum Gasteiger partial charge on any atom is -0.326 e. The van der Waals surface area contributed by atoms with E-state index in [0.29, 0.717) is 6.92 Å². The molecule has 3 N–H and O–H groups in total. The van der Waals surface area contributed by atoms with Gasteiger partial charge in [-0.15, -0.1) is 23.2 Å². The van der Waals surface area contributed by atoms with Crippen molar-refractivity contribution in [1.82, 2.24) is 0 Å². The fraction of sp³-hybridized carbons (Fsp3) is 0.222. The minimum absolute atomic E-state index is 0.0900. The third kappa shape index (κ3) is 6.13. The van der Waals surface area contributed by atoms with Crippen LogP contribution in [0, 0.1) is 29.2 Å². The molecule has 3 aromatic carbocycles. The average Bonchev–Trinajstić information content (AvgIpc) is 3.45. The molecule has 0 aliphatic heterocycles. The molecule has 0 spiro atoms. The highest BCUT2D eigenvalue weighted by atomic mass is 35.5. The van der Waals surface area contributed by atoms with Crippen LogP contribution in [0.25, 0.3) is 0 Å². The molecule has 1 fully saturated rings. The molecule has 41 heavy (non-hydrogen) atoms. The molecular formula is C27H19Cl2F6N3O3. The largest absolute Gasteiger partial charge is 0.326 e. The van der Waals surface area contributed by atoms with E-state index >= 15 is 0 Å². The van der Waals surface area contributed by atoms with Gasteiger partial charge in [-0.2, -0.15) is 0 Å². The molecule has 1 aliphatic carbocycles. The van der Waals surface area contributed by atoms with Crippen molar-refractivity contribution < 1.29 is 40.7 Å². The Labute approximate surface area is 239 Å². The number of hydrogen-bond acceptors (Lipinski definition) is 3. The van der Waals surface area contributed by atoms with Crippen LogP contribution in [-0.4, -0.2) is 22.1 Å². The van der Waals surface area contributed by atoms with Gasteiger partial charge in [-0.1, -0.05) is 6.07 Å². The number of halogens is 8. The van der Waals surface area contributed by atoms with Crippen LogP contribution in [0.2, 0.25) is 0 Å². The Kier molecular flexibility index (Phi) is 8.03. The summed E-state index contributed by atoms with van der Waals surface area (Å²) in [6.07, 6.45) is 0. The highest BCUT2D eigenvalue weighted by Gasteiger charge is 2.67. The maximum absolute atomic E-state index is 14.7. The summed E-state index contributed by atoms with van der Waals surface area (Å²) in [5.74, 6) is -13.1. The summed E-state index contributed by atoms with van der Waals surface area (Å²) in [5, 5.41) is 6.42. The minimum atomic E-state index is -3.51. The molecule has 3 aromatic rings. The van der Waals surface area contributed by atoms with Gasteiger partial charge < -0.3 is 16.0 Å². The molecule has 1 aliphatic rings. The van der Waals surface area contributed by atoms with Gasteiger partial charge in [0, 0.05) is 25.5 Å². The third-order valence-corrected chi connectivity index (χ3v) is 7.22. The molecule has 0 radical (unpaired) electrons. The lowest BCUT2D eigenvalue weighted by atomic mass is 10.0. The van der Waals surface area contributed by atoms with Crippen LogP contribution >= 0.6 is 23.2 Å². The third-order valence-electron chi connectivity index (χ3n) is 6.28. The monoisotopic (exact) mass is 617 g/mol. The van der Waals surface area contributed by atoms with Crippen LogP contribution in [0.3, 0.4) is 0 Å². The number of anilines is 3. The summed E-state index contributed by atoms with van der Waals surface area (Å²) >= 11 is 12.5. The number of rotatable bonds is 7. The number of carbonyl (C=O) groups excluding carboxylic acids is 3. The lowest BCUT2D eigenvalue weighted by Gasteiger charge is -2.13. The Balaban J connectivity index is 1.53. The number of alkyl halides is 4. The van der Waals surface area contributed by atoms with Crippen LogP contribution in [0.1, 0.15) is 41.3 Å². The second kappa shape index (κ2) is 10.9. The summed E-state index contributed by atoms with van der Waals surface area (Å²) in [6.45, 7) is 1.53. The van der Waals surface area contributed by atoms with Crippen LogP contribution in [0.4, 0.5) is 43.4 Å². The topological polar surface area (TPSA) is 87.3 Å². The predicted octanol–water partition coefficient (Wildman–Crippen LogP) is 7.09. The zero-order valence-electron chi connectivity index (χ0n) is 21.0. The Morgan fingerprint density at radius 2 is 1.49 bits per heavy atom. The second-order valence-corrected chi connectivity index (χ2v) is 10.8. The van der Waals surface area contributed by atoms with Crippen molar-refractivity contribution in [2.24, 2.45) is 5.92 Å². The van der Waals surface area contributed by atoms with Gasteiger partial charge in [-0.05, 0) is 48.0 Å². The van der Waals surface area contributed by atoms with Crippen LogP contribution in [0.5, 0.6) is 0 Å². The molecular weight excluding hydrogens is 599 g/mol. The summed E-state index contributed by atoms with van der Waals surface area (Å²) in [6, 6.07) is 7.36. The number of carbonyl (C=O) groups is 3. The van der Waals surface area contributed by atoms with Gasteiger partial charge in [-0.25, -0.2) is 26.3 Å². The number of benzene rings is 3. The first kappa shape index (κ1) is 30.2. The van der Waals surface area contributed by atoms with E-state index in [9.17, 15) is 40.7 Å². The van der Waals surface area contributed by atoms with E-state index in [1.165, 1.54) is 6.07 Å². The van der Waals surface area contributed by atoms with Crippen molar-refractivity contribution in [3.63, 3.8) is 0 Å². The van der Waals surface area contributed by atoms with E-state index in [0.717, 1.165) is 49.4 Å². The van der Waals surface area contributed by atoms with Gasteiger partial charge in [0.15, 0.2) is 5.82 Å². The van der Waals surface area contributed by atoms with Crippen LogP contribution in [0.15, 0.2) is 48.5 Å². The molecule has 0 aromatic heterocycles. The zero-order valence-corrected chi connectivity index (χ0v) is 22.5. The van der Waals surface area contributed by atoms with E-state index < -0.39 is 85.6 Å². The van der Waals surface area contributed by atoms with E-state index in [1.54, 1.807) is 0 Å². The van der Waals surface area contributed by atoms with E-state index in [4.69, 9.17) is 23.2 Å². The molecule has 2 atom stereocenters. The Hall–Kier alpha value is -3.77. The van der Waals surface area contributed by atoms with Crippen molar-refractivity contribution in [1.29, 1.82) is 0 Å². The smallest absolute Gasteiger partial charge is 0.273 e. The zero-order chi connectivity index (χ0) is 30.4. The molecule has 4 rings (SSSR count). The van der Waals surface area contributed by atoms with Gasteiger partial charge in [0.2, 0.25) is 11.8 Å². The summed E-state index contributed by atoms with van der Waals surface area (Å²) in [7, 11) is 0. The van der Waals surface area contributed by atoms with Crippen molar-refractivity contribution >= 4 is 58.0 Å². The maximum atomic E-state index is 14.7. The van der Waals surface area contributed by atoms with Crippen molar-refractivity contribution in [2.75, 3.05) is 16.0 Å². The summed E-state index contributed by atoms with van der Waals surface area (Å²) in [4.78, 5) is 36.9. The van der Waals surface area contributed by atoms with Crippen molar-refractivity contribution in [3.8, 4) is 0 Å². The molecule has 216 valence electrons. The average molecular weight is 618 g/mol. The van der Waals surface area contributed by atoms with E-state index in [2.05, 4.69) is 10.6 Å². The highest BCUT2D eigenvalue weighted by molar-refractivity contribution is 6.53. The highest BCUT2D eigenvalue weighted by Crippen LogP contribution is 2.65. The normalized spacial score (nSPS) is 17.5. The Bertz CT molecular complexity index is 1580. The van der Waals surface area contributed by atoms with E-state index in [-0.39, 0.29) is 11.3 Å². The molecule has 6 nitrogen and oxygen atoms in total. The van der Waals surface area contributed by atoms with Gasteiger partial charge in [0.25, 0.3) is 11.8 Å². The quantitative estimate of drug-likeness (QED) is 0.195. The summed E-state index contributed by atoms with van der Waals surface area (Å²) in [5.41, 5.74) is -2.95. The van der Waals surface area contributed by atoms with Gasteiger partial charge in [-0.3, -0.25) is 14.4 Å². The fourth-order valence-corrected chi connectivity index (χ4v) is 5.09. The maximum Gasteiger partial charge on any atom is 0.273 e. The first-order valence-electron chi connectivity index (χ1n) is 11.7. The van der Waals surface area contributed by atoms with Crippen LogP contribution < -0.4 is 16.0 Å². The number of hydrogen-bond donors (Lipinski definition) is 3. The number of amides is 3. The van der Waals surface area contributed by atoms with Gasteiger partial charge >= 0.3 is 0 Å². The van der Waals surface area contributed by atoms with Crippen molar-refractivity contribution in [2.45, 2.75) is 30.0 Å². The summed E-state index contributed by atoms with van der Waals surface area (Å²) < 4.78 is 82.9. The lowest BCUT2D eigenvalue weighted by molar-refractivity contribution is -0.117. The van der Waals surface area contributed by atoms with Gasteiger partial charge in [0.05, 0.1) is 22.7 Å². The molecule has 0 heterocycles. The molecule has 3 amide bonds. The molecule has 1 saturated carbocycles. The van der Waals surface area contributed by atoms with Crippen molar-refractivity contribution in [3.05, 3.63) is 88.5 Å². The molecule has 0 unspecified atom stereocenters. The Morgan fingerprint density at radius 1 is 0.854 bits per heavy atom. The lowest BCUT2D eigenvalue weighted by Crippen LogP contribution is -2.19. The fourth-order valence-electron chi connectivity index (χ4n) is 4.27. The number of nitrogens with one attached hydrogen (secondary N) is 3. The van der Waals surface area contributed by atoms with Crippen LogP contribution in [-0.2, 0) is 15.5 Å². The standard InChI is InChI=1S/C27H19Cl2F6N3O3/c1-11(39)36-23-18(32)7-8-19(22(23)33)38-24(40)14-10-13(4-6-16(14)30)37-25(41)21-20(27(21,28)29)12-3-5-17(31)15(9-12)26(2,34)35/h3-10,20-21H,1-2H3,(H,36,39)(H,37,41)(H,38,40)/t20-,21+/m0/s1. The Morgan fingerprint density at radius 3 is 2.12 bits per heavy atom. The first-order valence-corrected chi connectivity index (χ1v) is 12.5. The first-order chi connectivity index (χ1) is 19.0. The predicted molar refractivity (Wildman–Crippen MR) is 140 cm³/mol. The molecule has 0 saturated heterocycles. The van der Waals surface area contributed by atoms with E-state index in [1.807, 2.05) is 5.32 Å². The SMILES string of the molecule is CC(=O)Nc1c(F)ccc(NC(=O)c2cc(NC(=O)[C@H]3[C@H](c4ccc(F)c(C(C)(F)F)c4)C3(Cl)Cl)ccc2F)c1F. The molecule has 0 bridgehead atoms. The van der Waals surface area contributed by atoms with Gasteiger partial charge in [0.1, 0.15) is 27.5 Å². The molecule has 14 heteroatoms.